The number of halogens is 1. The molecule has 134 valence electrons. The highest BCUT2D eigenvalue weighted by Gasteiger charge is 2.12. The summed E-state index contributed by atoms with van der Waals surface area (Å²) in [5.74, 6) is 1.71. The van der Waals surface area contributed by atoms with E-state index < -0.39 is 0 Å². The Kier molecular flexibility index (Phi) is 5.81. The highest BCUT2D eigenvalue weighted by Crippen LogP contribution is 2.24. The molecular formula is C20H18ClNO4. The first-order valence-corrected chi connectivity index (χ1v) is 8.53. The molecule has 3 aromatic rings. The van der Waals surface area contributed by atoms with Crippen LogP contribution in [0.1, 0.15) is 23.2 Å². The van der Waals surface area contributed by atoms with Crippen molar-refractivity contribution in [1.82, 2.24) is 0 Å². The number of benzene rings is 2. The van der Waals surface area contributed by atoms with Crippen LogP contribution < -0.4 is 14.8 Å². The van der Waals surface area contributed by atoms with Crippen LogP contribution in [0.4, 0.5) is 5.69 Å². The number of hydrogen-bond acceptors (Lipinski definition) is 4. The fourth-order valence-electron chi connectivity index (χ4n) is 2.28. The molecule has 0 unspecified atom stereocenters. The average Bonchev–Trinajstić information content (AvgIpc) is 3.12. The van der Waals surface area contributed by atoms with E-state index in [9.17, 15) is 4.79 Å². The van der Waals surface area contributed by atoms with Gasteiger partial charge < -0.3 is 19.2 Å². The Bertz CT molecular complexity index is 874. The van der Waals surface area contributed by atoms with Gasteiger partial charge in [0.1, 0.15) is 23.9 Å². The van der Waals surface area contributed by atoms with Crippen LogP contribution in [-0.4, -0.2) is 12.5 Å². The molecule has 1 N–H and O–H groups in total. The van der Waals surface area contributed by atoms with Gasteiger partial charge in [0, 0.05) is 5.69 Å². The smallest absolute Gasteiger partial charge is 0.291 e. The number of amides is 1. The lowest BCUT2D eigenvalue weighted by atomic mass is 10.3. The lowest BCUT2D eigenvalue weighted by molar-refractivity contribution is 0.0992. The zero-order valence-corrected chi connectivity index (χ0v) is 15.0. The molecule has 5 nitrogen and oxygen atoms in total. The van der Waals surface area contributed by atoms with Crippen molar-refractivity contribution in [2.24, 2.45) is 0 Å². The van der Waals surface area contributed by atoms with Crippen LogP contribution in [0.5, 0.6) is 11.5 Å². The van der Waals surface area contributed by atoms with Crippen molar-refractivity contribution >= 4 is 23.2 Å². The summed E-state index contributed by atoms with van der Waals surface area (Å²) in [5.41, 5.74) is 0.656. The summed E-state index contributed by atoms with van der Waals surface area (Å²) in [4.78, 5) is 12.3. The summed E-state index contributed by atoms with van der Waals surface area (Å²) in [6.07, 6.45) is 0. The minimum Gasteiger partial charge on any atom is -0.494 e. The van der Waals surface area contributed by atoms with Crippen molar-refractivity contribution in [1.29, 1.82) is 0 Å². The van der Waals surface area contributed by atoms with Crippen LogP contribution in [0.15, 0.2) is 65.1 Å². The van der Waals surface area contributed by atoms with Gasteiger partial charge in [-0.05, 0) is 55.5 Å². The SMILES string of the molecule is CCOc1ccc(NC(=O)c2ccc(COc3ccccc3Cl)o2)cc1. The third-order valence-electron chi connectivity index (χ3n) is 3.52. The van der Waals surface area contributed by atoms with Gasteiger partial charge in [-0.2, -0.15) is 0 Å². The van der Waals surface area contributed by atoms with E-state index in [-0.39, 0.29) is 18.3 Å². The first-order chi connectivity index (χ1) is 12.7. The summed E-state index contributed by atoms with van der Waals surface area (Å²) in [7, 11) is 0. The number of carbonyl (C=O) groups excluding carboxylic acids is 1. The van der Waals surface area contributed by atoms with Gasteiger partial charge in [-0.1, -0.05) is 23.7 Å². The van der Waals surface area contributed by atoms with E-state index in [1.165, 1.54) is 0 Å². The second kappa shape index (κ2) is 8.45. The monoisotopic (exact) mass is 371 g/mol. The first kappa shape index (κ1) is 17.9. The van der Waals surface area contributed by atoms with Gasteiger partial charge in [0.15, 0.2) is 5.76 Å². The number of carbonyl (C=O) groups is 1. The zero-order chi connectivity index (χ0) is 18.4. The normalized spacial score (nSPS) is 10.4. The van der Waals surface area contributed by atoms with Gasteiger partial charge in [-0.25, -0.2) is 0 Å². The quantitative estimate of drug-likeness (QED) is 0.623. The van der Waals surface area contributed by atoms with Crippen LogP contribution in [0.2, 0.25) is 5.02 Å². The minimum atomic E-state index is -0.335. The molecular weight excluding hydrogens is 354 g/mol. The Morgan fingerprint density at radius 3 is 2.54 bits per heavy atom. The van der Waals surface area contributed by atoms with Crippen LogP contribution in [0.3, 0.4) is 0 Å². The molecule has 0 aliphatic rings. The van der Waals surface area contributed by atoms with E-state index in [2.05, 4.69) is 5.32 Å². The van der Waals surface area contributed by atoms with Gasteiger partial charge in [-0.15, -0.1) is 0 Å². The molecule has 1 heterocycles. The topological polar surface area (TPSA) is 60.7 Å². The van der Waals surface area contributed by atoms with Crippen molar-refractivity contribution in [2.45, 2.75) is 13.5 Å². The molecule has 0 aliphatic carbocycles. The fraction of sp³-hybridized carbons (Fsp3) is 0.150. The van der Waals surface area contributed by atoms with Gasteiger partial charge in [0.05, 0.1) is 11.6 Å². The molecule has 0 bridgehead atoms. The number of rotatable bonds is 7. The molecule has 0 fully saturated rings. The number of anilines is 1. The summed E-state index contributed by atoms with van der Waals surface area (Å²) >= 11 is 6.04. The fourth-order valence-corrected chi connectivity index (χ4v) is 2.47. The Morgan fingerprint density at radius 2 is 1.81 bits per heavy atom. The zero-order valence-electron chi connectivity index (χ0n) is 14.2. The molecule has 0 saturated carbocycles. The van der Waals surface area contributed by atoms with Crippen molar-refractivity contribution in [3.8, 4) is 11.5 Å². The van der Waals surface area contributed by atoms with Gasteiger partial charge in [0.25, 0.3) is 5.91 Å². The lowest BCUT2D eigenvalue weighted by Gasteiger charge is -2.06. The first-order valence-electron chi connectivity index (χ1n) is 8.16. The number of para-hydroxylation sites is 1. The third kappa shape index (κ3) is 4.58. The Balaban J connectivity index is 1.58. The van der Waals surface area contributed by atoms with E-state index in [1.807, 2.05) is 19.1 Å². The Morgan fingerprint density at radius 1 is 1.04 bits per heavy atom. The van der Waals surface area contributed by atoms with Crippen LogP contribution >= 0.6 is 11.6 Å². The highest BCUT2D eigenvalue weighted by molar-refractivity contribution is 6.32. The van der Waals surface area contributed by atoms with Crippen LogP contribution in [0.25, 0.3) is 0 Å². The van der Waals surface area contributed by atoms with E-state index in [0.29, 0.717) is 28.8 Å². The maximum absolute atomic E-state index is 12.3. The van der Waals surface area contributed by atoms with E-state index in [0.717, 1.165) is 5.75 Å². The number of nitrogens with one attached hydrogen (secondary N) is 1. The van der Waals surface area contributed by atoms with Crippen molar-refractivity contribution in [3.63, 3.8) is 0 Å². The molecule has 26 heavy (non-hydrogen) atoms. The maximum Gasteiger partial charge on any atom is 0.291 e. The van der Waals surface area contributed by atoms with Crippen molar-refractivity contribution < 1.29 is 18.7 Å². The van der Waals surface area contributed by atoms with Gasteiger partial charge in [0.2, 0.25) is 0 Å². The largest absolute Gasteiger partial charge is 0.494 e. The second-order valence-corrected chi connectivity index (χ2v) is 5.80. The molecule has 0 atom stereocenters. The Hall–Kier alpha value is -2.92. The molecule has 3 rings (SSSR count). The van der Waals surface area contributed by atoms with E-state index in [4.69, 9.17) is 25.5 Å². The molecule has 0 radical (unpaired) electrons. The molecule has 0 aliphatic heterocycles. The molecule has 6 heteroatoms. The minimum absolute atomic E-state index is 0.181. The number of furan rings is 1. The molecule has 0 saturated heterocycles. The van der Waals surface area contributed by atoms with Crippen LogP contribution in [-0.2, 0) is 6.61 Å². The molecule has 1 aromatic heterocycles. The van der Waals surface area contributed by atoms with E-state index >= 15 is 0 Å². The van der Waals surface area contributed by atoms with E-state index in [1.54, 1.807) is 48.5 Å². The number of hydrogen-bond donors (Lipinski definition) is 1. The number of ether oxygens (including phenoxy) is 2. The summed E-state index contributed by atoms with van der Waals surface area (Å²) in [5, 5.41) is 3.29. The van der Waals surface area contributed by atoms with Crippen LogP contribution in [0, 0.1) is 0 Å². The average molecular weight is 372 g/mol. The standard InChI is InChI=1S/C20H18ClNO4/c1-2-24-15-9-7-14(8-10-15)22-20(23)19-12-11-16(26-19)13-25-18-6-4-3-5-17(18)21/h3-12H,2,13H2,1H3,(H,22,23). The maximum atomic E-state index is 12.3. The predicted octanol–water partition coefficient (Wildman–Crippen LogP) is 5.16. The third-order valence-corrected chi connectivity index (χ3v) is 3.83. The van der Waals surface area contributed by atoms with Crippen molar-refractivity contribution in [3.05, 3.63) is 77.2 Å². The summed E-state index contributed by atoms with van der Waals surface area (Å²) in [6, 6.07) is 17.6. The Labute approximate surface area is 156 Å². The lowest BCUT2D eigenvalue weighted by Crippen LogP contribution is -2.10. The predicted molar refractivity (Wildman–Crippen MR) is 100 cm³/mol. The molecule has 1 amide bonds. The van der Waals surface area contributed by atoms with Gasteiger partial charge >= 0.3 is 0 Å². The van der Waals surface area contributed by atoms with Crippen molar-refractivity contribution in [2.75, 3.05) is 11.9 Å². The summed E-state index contributed by atoms with van der Waals surface area (Å²) in [6.45, 7) is 2.69. The summed E-state index contributed by atoms with van der Waals surface area (Å²) < 4.78 is 16.5. The molecule has 0 spiro atoms. The molecule has 2 aromatic carbocycles. The highest BCUT2D eigenvalue weighted by atomic mass is 35.5. The second-order valence-electron chi connectivity index (χ2n) is 5.40. The van der Waals surface area contributed by atoms with Gasteiger partial charge in [-0.3, -0.25) is 4.79 Å².